The number of aromatic nitrogens is 1. The SMILES string of the molecule is O=Cc1cc(C(F)F)c(O)cn1. The van der Waals surface area contributed by atoms with Crippen molar-refractivity contribution >= 4 is 6.29 Å². The lowest BCUT2D eigenvalue weighted by molar-refractivity contribution is 0.111. The molecule has 1 heterocycles. The van der Waals surface area contributed by atoms with Crippen molar-refractivity contribution in [2.45, 2.75) is 6.43 Å². The van der Waals surface area contributed by atoms with Crippen LogP contribution in [0.25, 0.3) is 0 Å². The number of halogens is 2. The van der Waals surface area contributed by atoms with Gasteiger partial charge in [0.15, 0.2) is 6.29 Å². The van der Waals surface area contributed by atoms with Crippen LogP contribution in [-0.4, -0.2) is 16.4 Å². The lowest BCUT2D eigenvalue weighted by Gasteiger charge is -2.01. The van der Waals surface area contributed by atoms with Crippen molar-refractivity contribution in [2.75, 3.05) is 0 Å². The van der Waals surface area contributed by atoms with Crippen LogP contribution >= 0.6 is 0 Å². The van der Waals surface area contributed by atoms with E-state index < -0.39 is 17.7 Å². The number of rotatable bonds is 2. The van der Waals surface area contributed by atoms with E-state index >= 15 is 0 Å². The summed E-state index contributed by atoms with van der Waals surface area (Å²) < 4.78 is 24.1. The van der Waals surface area contributed by atoms with Crippen molar-refractivity contribution in [3.63, 3.8) is 0 Å². The van der Waals surface area contributed by atoms with Crippen molar-refractivity contribution in [3.8, 4) is 5.75 Å². The van der Waals surface area contributed by atoms with Crippen LogP contribution in [0.5, 0.6) is 5.75 Å². The van der Waals surface area contributed by atoms with E-state index in [1.54, 1.807) is 0 Å². The molecule has 0 amide bonds. The van der Waals surface area contributed by atoms with Gasteiger partial charge in [-0.25, -0.2) is 13.8 Å². The molecule has 0 aliphatic carbocycles. The molecule has 0 aliphatic rings. The molecule has 5 heteroatoms. The Morgan fingerprint density at radius 2 is 2.25 bits per heavy atom. The average Bonchev–Trinajstić information content (AvgIpc) is 2.05. The Morgan fingerprint density at radius 3 is 2.75 bits per heavy atom. The molecular formula is C7H5F2NO2. The van der Waals surface area contributed by atoms with E-state index in [0.29, 0.717) is 6.29 Å². The minimum atomic E-state index is -2.80. The van der Waals surface area contributed by atoms with Crippen LogP contribution in [0, 0.1) is 0 Å². The van der Waals surface area contributed by atoms with Crippen molar-refractivity contribution in [3.05, 3.63) is 23.5 Å². The first-order chi connectivity index (χ1) is 5.65. The number of hydrogen-bond acceptors (Lipinski definition) is 3. The number of aldehydes is 1. The van der Waals surface area contributed by atoms with Crippen LogP contribution in [0.1, 0.15) is 22.5 Å². The maximum Gasteiger partial charge on any atom is 0.267 e. The maximum atomic E-state index is 12.0. The summed E-state index contributed by atoms with van der Waals surface area (Å²) in [5, 5.41) is 8.84. The lowest BCUT2D eigenvalue weighted by Crippen LogP contribution is -1.91. The zero-order valence-corrected chi connectivity index (χ0v) is 5.87. The highest BCUT2D eigenvalue weighted by molar-refractivity contribution is 5.72. The van der Waals surface area contributed by atoms with Crippen LogP contribution in [-0.2, 0) is 0 Å². The van der Waals surface area contributed by atoms with Gasteiger partial charge in [-0.3, -0.25) is 4.79 Å². The van der Waals surface area contributed by atoms with Gasteiger partial charge < -0.3 is 5.11 Å². The van der Waals surface area contributed by atoms with E-state index in [2.05, 4.69) is 4.98 Å². The average molecular weight is 173 g/mol. The Balaban J connectivity index is 3.16. The molecule has 0 radical (unpaired) electrons. The van der Waals surface area contributed by atoms with Gasteiger partial charge in [-0.1, -0.05) is 0 Å². The second-order valence-electron chi connectivity index (χ2n) is 2.09. The Labute approximate surface area is 66.7 Å². The second-order valence-corrected chi connectivity index (χ2v) is 2.09. The molecule has 1 rings (SSSR count). The minimum absolute atomic E-state index is 0.122. The van der Waals surface area contributed by atoms with Gasteiger partial charge in [0.2, 0.25) is 0 Å². The largest absolute Gasteiger partial charge is 0.506 e. The van der Waals surface area contributed by atoms with E-state index in [1.165, 1.54) is 0 Å². The summed E-state index contributed by atoms with van der Waals surface area (Å²) in [6.45, 7) is 0. The van der Waals surface area contributed by atoms with E-state index in [-0.39, 0.29) is 5.69 Å². The van der Waals surface area contributed by atoms with Gasteiger partial charge >= 0.3 is 0 Å². The highest BCUT2D eigenvalue weighted by atomic mass is 19.3. The van der Waals surface area contributed by atoms with Crippen LogP contribution < -0.4 is 0 Å². The van der Waals surface area contributed by atoms with Crippen LogP contribution in [0.3, 0.4) is 0 Å². The van der Waals surface area contributed by atoms with Crippen LogP contribution in [0.4, 0.5) is 8.78 Å². The molecule has 1 aromatic heterocycles. The summed E-state index contributed by atoms with van der Waals surface area (Å²) in [7, 11) is 0. The molecule has 0 spiro atoms. The first-order valence-corrected chi connectivity index (χ1v) is 3.07. The number of nitrogens with zero attached hydrogens (tertiary/aromatic N) is 1. The monoisotopic (exact) mass is 173 g/mol. The molecule has 1 aromatic rings. The summed E-state index contributed by atoms with van der Waals surface area (Å²) in [5.41, 5.74) is -0.699. The molecule has 0 fully saturated rings. The molecule has 0 aromatic carbocycles. The highest BCUT2D eigenvalue weighted by Gasteiger charge is 2.13. The topological polar surface area (TPSA) is 50.2 Å². The quantitative estimate of drug-likeness (QED) is 0.690. The molecule has 64 valence electrons. The number of alkyl halides is 2. The van der Waals surface area contributed by atoms with Crippen LogP contribution in [0.15, 0.2) is 12.3 Å². The van der Waals surface area contributed by atoms with Gasteiger partial charge in [-0.15, -0.1) is 0 Å². The summed E-state index contributed by atoms with van der Waals surface area (Å²) >= 11 is 0. The predicted molar refractivity (Wildman–Crippen MR) is 36.2 cm³/mol. The smallest absolute Gasteiger partial charge is 0.267 e. The highest BCUT2D eigenvalue weighted by Crippen LogP contribution is 2.26. The molecule has 0 bridgehead atoms. The van der Waals surface area contributed by atoms with Gasteiger partial charge in [-0.05, 0) is 6.07 Å². The van der Waals surface area contributed by atoms with E-state index in [0.717, 1.165) is 12.3 Å². The Morgan fingerprint density at radius 1 is 1.58 bits per heavy atom. The Bertz CT molecular complexity index is 301. The third-order valence-electron chi connectivity index (χ3n) is 1.29. The fourth-order valence-corrected chi connectivity index (χ4v) is 0.720. The fraction of sp³-hybridized carbons (Fsp3) is 0.143. The normalized spacial score (nSPS) is 10.2. The molecule has 0 atom stereocenters. The summed E-state index contributed by atoms with van der Waals surface area (Å²) in [6, 6.07) is 0.854. The first-order valence-electron chi connectivity index (χ1n) is 3.07. The molecular weight excluding hydrogens is 168 g/mol. The zero-order valence-electron chi connectivity index (χ0n) is 5.87. The van der Waals surface area contributed by atoms with E-state index in [9.17, 15) is 13.6 Å². The van der Waals surface area contributed by atoms with Gasteiger partial charge in [0.05, 0.1) is 11.8 Å². The van der Waals surface area contributed by atoms with Gasteiger partial charge in [0.1, 0.15) is 11.4 Å². The third-order valence-corrected chi connectivity index (χ3v) is 1.29. The second kappa shape index (κ2) is 3.25. The number of carbonyl (C=O) groups excluding carboxylic acids is 1. The van der Waals surface area contributed by atoms with E-state index in [4.69, 9.17) is 5.11 Å². The number of aromatic hydroxyl groups is 1. The molecule has 0 saturated carbocycles. The first kappa shape index (κ1) is 8.58. The maximum absolute atomic E-state index is 12.0. The van der Waals surface area contributed by atoms with Gasteiger partial charge in [-0.2, -0.15) is 0 Å². The van der Waals surface area contributed by atoms with E-state index in [1.807, 2.05) is 0 Å². The number of hydrogen-bond donors (Lipinski definition) is 1. The minimum Gasteiger partial charge on any atom is -0.506 e. The van der Waals surface area contributed by atoms with Crippen molar-refractivity contribution < 1.29 is 18.7 Å². The molecule has 12 heavy (non-hydrogen) atoms. The van der Waals surface area contributed by atoms with Crippen LogP contribution in [0.2, 0.25) is 0 Å². The van der Waals surface area contributed by atoms with Crippen molar-refractivity contribution in [2.24, 2.45) is 0 Å². The Kier molecular flexibility index (Phi) is 2.32. The molecule has 0 saturated heterocycles. The zero-order chi connectivity index (χ0) is 9.14. The van der Waals surface area contributed by atoms with Gasteiger partial charge in [0, 0.05) is 0 Å². The molecule has 1 N–H and O–H groups in total. The number of pyridine rings is 1. The number of carbonyl (C=O) groups is 1. The molecule has 3 nitrogen and oxygen atoms in total. The van der Waals surface area contributed by atoms with Gasteiger partial charge in [0.25, 0.3) is 6.43 Å². The fourth-order valence-electron chi connectivity index (χ4n) is 0.720. The summed E-state index contributed by atoms with van der Waals surface area (Å²) in [4.78, 5) is 13.5. The molecule has 0 aliphatic heterocycles. The van der Waals surface area contributed by atoms with Crippen molar-refractivity contribution in [1.29, 1.82) is 0 Å². The summed E-state index contributed by atoms with van der Waals surface area (Å²) in [6.07, 6.45) is -1.64. The predicted octanol–water partition coefficient (Wildman–Crippen LogP) is 1.54. The van der Waals surface area contributed by atoms with Crippen molar-refractivity contribution in [1.82, 2.24) is 4.98 Å². The lowest BCUT2D eigenvalue weighted by atomic mass is 10.2. The third kappa shape index (κ3) is 1.55. The molecule has 0 unspecified atom stereocenters. The Hall–Kier alpha value is -1.52. The summed E-state index contributed by atoms with van der Waals surface area (Å²) in [5.74, 6) is -0.601. The standard InChI is InChI=1S/C7H5F2NO2/c8-7(9)5-1-4(3-11)10-2-6(5)12/h1-3,7,12H.